The normalized spacial score (nSPS) is 15.8. The van der Waals surface area contributed by atoms with E-state index >= 15 is 0 Å². The molecule has 3 heterocycles. The SMILES string of the molecule is CCOC(=O)c1c(NC(=O)CN2CCN(C(=O)c3sc4cc(Cl)ccc4c3Cl)CC2)sc2c1CCC2. The number of anilines is 1. The number of amides is 2. The number of nitrogens with one attached hydrogen (secondary N) is 1. The van der Waals surface area contributed by atoms with E-state index < -0.39 is 0 Å². The van der Waals surface area contributed by atoms with Crippen LogP contribution in [0.4, 0.5) is 5.00 Å². The minimum Gasteiger partial charge on any atom is -0.462 e. The van der Waals surface area contributed by atoms with Crippen LogP contribution in [0.15, 0.2) is 18.2 Å². The molecule has 1 aromatic carbocycles. The Kier molecular flexibility index (Phi) is 7.55. The van der Waals surface area contributed by atoms with E-state index in [4.69, 9.17) is 27.9 Å². The summed E-state index contributed by atoms with van der Waals surface area (Å²) in [5.41, 5.74) is 1.53. The van der Waals surface area contributed by atoms with Gasteiger partial charge in [-0.3, -0.25) is 14.5 Å². The number of fused-ring (bicyclic) bond motifs is 2. The monoisotopic (exact) mass is 565 g/mol. The lowest BCUT2D eigenvalue weighted by Gasteiger charge is -2.34. The zero-order valence-electron chi connectivity index (χ0n) is 19.7. The van der Waals surface area contributed by atoms with Gasteiger partial charge in [0.2, 0.25) is 5.91 Å². The molecule has 0 unspecified atom stereocenters. The van der Waals surface area contributed by atoms with Crippen molar-refractivity contribution in [1.29, 1.82) is 0 Å². The highest BCUT2D eigenvalue weighted by molar-refractivity contribution is 7.21. The van der Waals surface area contributed by atoms with Crippen molar-refractivity contribution in [2.24, 2.45) is 0 Å². The Hall–Kier alpha value is -2.17. The van der Waals surface area contributed by atoms with Crippen molar-refractivity contribution in [3.05, 3.63) is 49.1 Å². The molecule has 0 saturated carbocycles. The number of thiophene rings is 2. The van der Waals surface area contributed by atoms with Crippen LogP contribution in [0.2, 0.25) is 10.0 Å². The lowest BCUT2D eigenvalue weighted by atomic mass is 10.1. The minimum absolute atomic E-state index is 0.103. The summed E-state index contributed by atoms with van der Waals surface area (Å²) in [4.78, 5) is 44.0. The lowest BCUT2D eigenvalue weighted by molar-refractivity contribution is -0.117. The van der Waals surface area contributed by atoms with Crippen molar-refractivity contribution >= 4 is 78.7 Å². The number of piperazine rings is 1. The van der Waals surface area contributed by atoms with Crippen LogP contribution in [0.1, 0.15) is 43.8 Å². The number of aryl methyl sites for hydroxylation is 1. The van der Waals surface area contributed by atoms with Crippen molar-refractivity contribution in [2.45, 2.75) is 26.2 Å². The van der Waals surface area contributed by atoms with Crippen LogP contribution in [0.5, 0.6) is 0 Å². The van der Waals surface area contributed by atoms with Gasteiger partial charge in [0.1, 0.15) is 9.88 Å². The number of rotatable bonds is 6. The molecular formula is C25H25Cl2N3O4S2. The van der Waals surface area contributed by atoms with Crippen molar-refractivity contribution in [3.8, 4) is 0 Å². The number of hydrogen-bond acceptors (Lipinski definition) is 7. The first-order valence-electron chi connectivity index (χ1n) is 11.9. The number of benzene rings is 1. The standard InChI is InChI=1S/C25H25Cl2N3O4S2/c1-2-34-25(33)20-15-4-3-5-17(15)36-23(20)28-19(31)13-29-8-10-30(11-9-29)24(32)22-21(27)16-7-6-14(26)12-18(16)35-22/h6-7,12H,2-5,8-11,13H2,1H3,(H,28,31). The molecule has 0 radical (unpaired) electrons. The number of carbonyl (C=O) groups is 3. The predicted octanol–water partition coefficient (Wildman–Crippen LogP) is 5.33. The fourth-order valence-corrected chi connectivity index (χ4v) is 7.76. The molecule has 1 saturated heterocycles. The molecule has 11 heteroatoms. The van der Waals surface area contributed by atoms with Crippen LogP contribution in [0.25, 0.3) is 10.1 Å². The Morgan fingerprint density at radius 1 is 1.08 bits per heavy atom. The zero-order chi connectivity index (χ0) is 25.4. The second-order valence-corrected chi connectivity index (χ2v) is 11.8. The van der Waals surface area contributed by atoms with E-state index in [0.717, 1.165) is 39.8 Å². The van der Waals surface area contributed by atoms with Gasteiger partial charge >= 0.3 is 5.97 Å². The first-order chi connectivity index (χ1) is 17.4. The average Bonchev–Trinajstić information content (AvgIpc) is 3.52. The minimum atomic E-state index is -0.374. The summed E-state index contributed by atoms with van der Waals surface area (Å²) < 4.78 is 6.12. The second kappa shape index (κ2) is 10.7. The first kappa shape index (κ1) is 25.5. The van der Waals surface area contributed by atoms with Crippen molar-refractivity contribution in [3.63, 3.8) is 0 Å². The molecule has 5 rings (SSSR count). The Balaban J connectivity index is 1.19. The average molecular weight is 567 g/mol. The molecule has 7 nitrogen and oxygen atoms in total. The fourth-order valence-electron chi connectivity index (χ4n) is 4.71. The molecule has 2 aliphatic rings. The number of carbonyl (C=O) groups excluding carboxylic acids is 3. The van der Waals surface area contributed by atoms with E-state index in [9.17, 15) is 14.4 Å². The van der Waals surface area contributed by atoms with Gasteiger partial charge in [0, 0.05) is 46.2 Å². The molecule has 1 aliphatic carbocycles. The first-order valence-corrected chi connectivity index (χ1v) is 14.2. The third-order valence-electron chi connectivity index (χ3n) is 6.47. The third-order valence-corrected chi connectivity index (χ3v) is 9.55. The maximum Gasteiger partial charge on any atom is 0.341 e. The molecule has 0 atom stereocenters. The topological polar surface area (TPSA) is 79.0 Å². The van der Waals surface area contributed by atoms with E-state index in [0.29, 0.717) is 58.3 Å². The van der Waals surface area contributed by atoms with Gasteiger partial charge in [-0.2, -0.15) is 0 Å². The molecule has 1 aliphatic heterocycles. The Morgan fingerprint density at radius 3 is 2.61 bits per heavy atom. The highest BCUT2D eigenvalue weighted by Crippen LogP contribution is 2.40. The Labute approximate surface area is 226 Å². The van der Waals surface area contributed by atoms with Crippen molar-refractivity contribution in [1.82, 2.24) is 9.80 Å². The van der Waals surface area contributed by atoms with Gasteiger partial charge in [0.05, 0.1) is 23.7 Å². The highest BCUT2D eigenvalue weighted by atomic mass is 35.5. The van der Waals surface area contributed by atoms with Crippen LogP contribution in [-0.4, -0.2) is 66.9 Å². The zero-order valence-corrected chi connectivity index (χ0v) is 22.8. The van der Waals surface area contributed by atoms with E-state index in [1.165, 1.54) is 22.7 Å². The van der Waals surface area contributed by atoms with Gasteiger partial charge in [-0.25, -0.2) is 4.79 Å². The van der Waals surface area contributed by atoms with Gasteiger partial charge in [0.15, 0.2) is 0 Å². The fraction of sp³-hybridized carbons (Fsp3) is 0.400. The molecule has 3 aromatic rings. The van der Waals surface area contributed by atoms with Crippen LogP contribution in [0.3, 0.4) is 0 Å². The van der Waals surface area contributed by atoms with Crippen molar-refractivity contribution < 1.29 is 19.1 Å². The largest absolute Gasteiger partial charge is 0.462 e. The summed E-state index contributed by atoms with van der Waals surface area (Å²) in [7, 11) is 0. The van der Waals surface area contributed by atoms with E-state index in [1.807, 2.05) is 17.0 Å². The molecule has 0 bridgehead atoms. The van der Waals surface area contributed by atoms with Crippen LogP contribution >= 0.6 is 45.9 Å². The number of halogens is 2. The van der Waals surface area contributed by atoms with Gasteiger partial charge in [-0.1, -0.05) is 29.3 Å². The predicted molar refractivity (Wildman–Crippen MR) is 145 cm³/mol. The van der Waals surface area contributed by atoms with E-state index in [2.05, 4.69) is 5.32 Å². The number of ether oxygens (including phenoxy) is 1. The third kappa shape index (κ3) is 4.99. The molecule has 2 amide bonds. The van der Waals surface area contributed by atoms with Crippen LogP contribution < -0.4 is 5.32 Å². The lowest BCUT2D eigenvalue weighted by Crippen LogP contribution is -2.50. The number of hydrogen-bond donors (Lipinski definition) is 1. The summed E-state index contributed by atoms with van der Waals surface area (Å²) in [5, 5.41) is 5.41. The van der Waals surface area contributed by atoms with Crippen molar-refractivity contribution in [2.75, 3.05) is 44.6 Å². The summed E-state index contributed by atoms with van der Waals surface area (Å²) in [6, 6.07) is 5.41. The smallest absolute Gasteiger partial charge is 0.341 e. The Morgan fingerprint density at radius 2 is 1.86 bits per heavy atom. The summed E-state index contributed by atoms with van der Waals surface area (Å²) in [6.45, 7) is 4.39. The van der Waals surface area contributed by atoms with Crippen LogP contribution in [-0.2, 0) is 22.4 Å². The summed E-state index contributed by atoms with van der Waals surface area (Å²) in [5.74, 6) is -0.653. The van der Waals surface area contributed by atoms with Gasteiger partial charge in [0.25, 0.3) is 5.91 Å². The highest BCUT2D eigenvalue weighted by Gasteiger charge is 2.30. The van der Waals surface area contributed by atoms with Gasteiger partial charge < -0.3 is 15.0 Å². The number of esters is 1. The molecule has 2 aromatic heterocycles. The molecule has 1 fully saturated rings. The molecule has 36 heavy (non-hydrogen) atoms. The quantitative estimate of drug-likeness (QED) is 0.408. The number of nitrogens with zero attached hydrogens (tertiary/aromatic N) is 2. The molecular weight excluding hydrogens is 541 g/mol. The second-order valence-electron chi connectivity index (χ2n) is 8.78. The molecule has 1 N–H and O–H groups in total. The maximum atomic E-state index is 13.1. The van der Waals surface area contributed by atoms with Gasteiger partial charge in [-0.05, 0) is 43.9 Å². The Bertz CT molecular complexity index is 1340. The summed E-state index contributed by atoms with van der Waals surface area (Å²) in [6.07, 6.45) is 2.78. The molecule has 0 spiro atoms. The van der Waals surface area contributed by atoms with E-state index in [1.54, 1.807) is 17.9 Å². The maximum absolute atomic E-state index is 13.1. The summed E-state index contributed by atoms with van der Waals surface area (Å²) >= 11 is 15.4. The molecule has 190 valence electrons. The van der Waals surface area contributed by atoms with Crippen LogP contribution in [0, 0.1) is 0 Å². The van der Waals surface area contributed by atoms with E-state index in [-0.39, 0.29) is 24.3 Å². The van der Waals surface area contributed by atoms with Gasteiger partial charge in [-0.15, -0.1) is 22.7 Å².